The minimum Gasteiger partial charge on any atom is -0.345 e. The monoisotopic (exact) mass is 341 g/mol. The van der Waals surface area contributed by atoms with Crippen LogP contribution in [0, 0.1) is 0 Å². The molecule has 0 aliphatic carbocycles. The molecule has 23 heavy (non-hydrogen) atoms. The van der Waals surface area contributed by atoms with Gasteiger partial charge in [0.15, 0.2) is 0 Å². The lowest BCUT2D eigenvalue weighted by Gasteiger charge is -2.25. The molecule has 0 saturated heterocycles. The molecule has 3 aromatic rings. The van der Waals surface area contributed by atoms with E-state index in [2.05, 4.69) is 27.6 Å². The lowest BCUT2D eigenvalue weighted by molar-refractivity contribution is 0.0923. The van der Waals surface area contributed by atoms with Gasteiger partial charge in [0.05, 0.1) is 26.4 Å². The van der Waals surface area contributed by atoms with Crippen LogP contribution in [0.4, 0.5) is 0 Å². The number of H-pyrrole nitrogens is 1. The number of amides is 1. The maximum Gasteiger partial charge on any atom is 0.254 e. The predicted molar refractivity (Wildman–Crippen MR) is 94.0 cm³/mol. The molecule has 116 valence electrons. The van der Waals surface area contributed by atoms with Crippen molar-refractivity contribution in [2.75, 3.05) is 6.26 Å². The first-order valence-electron chi connectivity index (χ1n) is 7.33. The van der Waals surface area contributed by atoms with Crippen LogP contribution in [-0.2, 0) is 6.42 Å². The van der Waals surface area contributed by atoms with E-state index < -0.39 is 0 Å². The highest BCUT2D eigenvalue weighted by Crippen LogP contribution is 2.44. The number of nitrogens with zero attached hydrogens (tertiary/aromatic N) is 1. The van der Waals surface area contributed by atoms with Crippen LogP contribution in [0.5, 0.6) is 0 Å². The van der Waals surface area contributed by atoms with Gasteiger partial charge in [0, 0.05) is 6.20 Å². The van der Waals surface area contributed by atoms with Crippen LogP contribution in [0.2, 0.25) is 0 Å². The van der Waals surface area contributed by atoms with Crippen molar-refractivity contribution in [3.8, 4) is 10.6 Å². The molecule has 0 saturated carbocycles. The average molecular weight is 341 g/mol. The summed E-state index contributed by atoms with van der Waals surface area (Å²) < 4.78 is 1.06. The van der Waals surface area contributed by atoms with E-state index in [0.717, 1.165) is 37.9 Å². The summed E-state index contributed by atoms with van der Waals surface area (Å²) in [5.41, 5.74) is 4.08. The Morgan fingerprint density at radius 2 is 2.09 bits per heavy atom. The maximum absolute atomic E-state index is 12.7. The maximum atomic E-state index is 12.7. The van der Waals surface area contributed by atoms with Crippen molar-refractivity contribution in [3.63, 3.8) is 0 Å². The molecule has 1 amide bonds. The summed E-state index contributed by atoms with van der Waals surface area (Å²) in [6.45, 7) is 0. The van der Waals surface area contributed by atoms with Crippen molar-refractivity contribution >= 4 is 29.0 Å². The van der Waals surface area contributed by atoms with Crippen LogP contribution in [0.3, 0.4) is 0 Å². The molecule has 1 atom stereocenters. The number of aromatic amines is 1. The number of benzene rings is 1. The molecular weight excluding hydrogens is 326 g/mol. The summed E-state index contributed by atoms with van der Waals surface area (Å²) in [5, 5.41) is 10.2. The predicted octanol–water partition coefficient (Wildman–Crippen LogP) is 3.89. The Bertz CT molecular complexity index is 840. The molecule has 2 N–H and O–H groups in total. The number of thioether (sulfide) groups is 1. The lowest BCUT2D eigenvalue weighted by Crippen LogP contribution is -2.35. The smallest absolute Gasteiger partial charge is 0.254 e. The van der Waals surface area contributed by atoms with E-state index in [0.29, 0.717) is 0 Å². The Hall–Kier alpha value is -2.05. The van der Waals surface area contributed by atoms with E-state index in [1.165, 1.54) is 0 Å². The highest BCUT2D eigenvalue weighted by atomic mass is 32.2. The van der Waals surface area contributed by atoms with Gasteiger partial charge < -0.3 is 5.32 Å². The van der Waals surface area contributed by atoms with Gasteiger partial charge in [-0.05, 0) is 29.9 Å². The van der Waals surface area contributed by atoms with E-state index in [1.54, 1.807) is 29.3 Å². The van der Waals surface area contributed by atoms with Crippen molar-refractivity contribution in [2.24, 2.45) is 0 Å². The third-order valence-electron chi connectivity index (χ3n) is 4.05. The molecule has 4 nitrogen and oxygen atoms in total. The third-order valence-corrected chi connectivity index (χ3v) is 6.43. The number of rotatable bonds is 3. The average Bonchev–Trinajstić information content (AvgIpc) is 3.22. The molecule has 0 fully saturated rings. The number of hydrogen-bond donors (Lipinski definition) is 2. The van der Waals surface area contributed by atoms with Gasteiger partial charge in [-0.15, -0.1) is 23.1 Å². The van der Waals surface area contributed by atoms with Crippen LogP contribution in [0.15, 0.2) is 46.8 Å². The fourth-order valence-electron chi connectivity index (χ4n) is 2.98. The fraction of sp³-hybridized carbons (Fsp3) is 0.176. The van der Waals surface area contributed by atoms with Gasteiger partial charge in [0.1, 0.15) is 0 Å². The van der Waals surface area contributed by atoms with Crippen molar-refractivity contribution in [1.29, 1.82) is 0 Å². The Labute approximate surface area is 142 Å². The van der Waals surface area contributed by atoms with Gasteiger partial charge in [-0.1, -0.05) is 30.3 Å². The molecule has 0 spiro atoms. The van der Waals surface area contributed by atoms with Gasteiger partial charge >= 0.3 is 0 Å². The fourth-order valence-corrected chi connectivity index (χ4v) is 5.02. The van der Waals surface area contributed by atoms with Crippen molar-refractivity contribution < 1.29 is 4.79 Å². The molecule has 6 heteroatoms. The molecule has 0 radical (unpaired) electrons. The van der Waals surface area contributed by atoms with E-state index in [4.69, 9.17) is 0 Å². The minimum atomic E-state index is 0.0159. The molecule has 2 aromatic heterocycles. The van der Waals surface area contributed by atoms with E-state index >= 15 is 0 Å². The number of fused-ring (bicyclic) bond motifs is 1. The summed E-state index contributed by atoms with van der Waals surface area (Å²) >= 11 is 3.29. The topological polar surface area (TPSA) is 57.8 Å². The van der Waals surface area contributed by atoms with E-state index in [-0.39, 0.29) is 11.9 Å². The van der Waals surface area contributed by atoms with Gasteiger partial charge in [-0.3, -0.25) is 9.89 Å². The number of carbonyl (C=O) groups is 1. The number of aromatic nitrogens is 2. The molecule has 1 aliphatic rings. The van der Waals surface area contributed by atoms with Crippen LogP contribution >= 0.6 is 23.1 Å². The van der Waals surface area contributed by atoms with E-state index in [1.807, 2.05) is 30.5 Å². The molecule has 4 rings (SSSR count). The number of thiophene rings is 1. The number of hydrogen-bond acceptors (Lipinski definition) is 4. The summed E-state index contributed by atoms with van der Waals surface area (Å²) in [5.74, 6) is 0.0199. The van der Waals surface area contributed by atoms with Gasteiger partial charge in [0.2, 0.25) is 0 Å². The molecule has 0 bridgehead atoms. The third kappa shape index (κ3) is 2.48. The van der Waals surface area contributed by atoms with Crippen molar-refractivity contribution in [2.45, 2.75) is 16.7 Å². The SMILES string of the molecule is CSc1sc(-c2ccn[nH]2)c2c1C(=O)NC(c1ccccc1)C2. The Morgan fingerprint density at radius 1 is 1.26 bits per heavy atom. The summed E-state index contributed by atoms with van der Waals surface area (Å²) in [4.78, 5) is 13.8. The zero-order valence-electron chi connectivity index (χ0n) is 12.5. The van der Waals surface area contributed by atoms with Crippen LogP contribution in [-0.4, -0.2) is 22.4 Å². The van der Waals surface area contributed by atoms with E-state index in [9.17, 15) is 4.79 Å². The zero-order chi connectivity index (χ0) is 15.8. The first-order valence-corrected chi connectivity index (χ1v) is 9.37. The van der Waals surface area contributed by atoms with Crippen LogP contribution in [0.25, 0.3) is 10.6 Å². The summed E-state index contributed by atoms with van der Waals surface area (Å²) in [7, 11) is 0. The highest BCUT2D eigenvalue weighted by Gasteiger charge is 2.32. The molecule has 1 aliphatic heterocycles. The van der Waals surface area contributed by atoms with Gasteiger partial charge in [-0.2, -0.15) is 5.10 Å². The van der Waals surface area contributed by atoms with Gasteiger partial charge in [-0.25, -0.2) is 0 Å². The van der Waals surface area contributed by atoms with Crippen LogP contribution < -0.4 is 5.32 Å². The first kappa shape index (κ1) is 14.5. The first-order chi connectivity index (χ1) is 11.3. The standard InChI is InChI=1S/C17H15N3OS2/c1-22-17-14-11(15(23-17)12-7-8-18-20-12)9-13(19-16(14)21)10-5-3-2-4-6-10/h2-8,13H,9H2,1H3,(H,18,20)(H,19,21). The normalized spacial score (nSPS) is 16.9. The quantitative estimate of drug-likeness (QED) is 0.711. The number of carbonyl (C=O) groups excluding carboxylic acids is 1. The zero-order valence-corrected chi connectivity index (χ0v) is 14.1. The molecule has 3 heterocycles. The molecule has 1 unspecified atom stereocenters. The molecular formula is C17H15N3OS2. The largest absolute Gasteiger partial charge is 0.345 e. The summed E-state index contributed by atoms with van der Waals surface area (Å²) in [6.07, 6.45) is 4.56. The second kappa shape index (κ2) is 5.86. The van der Waals surface area contributed by atoms with Gasteiger partial charge in [0.25, 0.3) is 5.91 Å². The highest BCUT2D eigenvalue weighted by molar-refractivity contribution is 8.00. The minimum absolute atomic E-state index is 0.0159. The Balaban J connectivity index is 1.82. The Morgan fingerprint density at radius 3 is 2.78 bits per heavy atom. The summed E-state index contributed by atoms with van der Waals surface area (Å²) in [6, 6.07) is 12.1. The molecule has 1 aromatic carbocycles. The number of nitrogens with one attached hydrogen (secondary N) is 2. The van der Waals surface area contributed by atoms with Crippen molar-refractivity contribution in [1.82, 2.24) is 15.5 Å². The second-order valence-corrected chi connectivity index (χ2v) is 7.48. The second-order valence-electron chi connectivity index (χ2n) is 5.39. The van der Waals surface area contributed by atoms with Crippen LogP contribution in [0.1, 0.15) is 27.5 Å². The lowest BCUT2D eigenvalue weighted by atomic mass is 9.92. The Kier molecular flexibility index (Phi) is 3.71. The van der Waals surface area contributed by atoms with Crippen molar-refractivity contribution in [3.05, 3.63) is 59.3 Å².